The highest BCUT2D eigenvalue weighted by molar-refractivity contribution is 6.30. The number of nitrogens with zero attached hydrogens (tertiary/aromatic N) is 8. The van der Waals surface area contributed by atoms with Crippen LogP contribution in [0.5, 0.6) is 0 Å². The summed E-state index contributed by atoms with van der Waals surface area (Å²) in [6, 6.07) is 16.8. The van der Waals surface area contributed by atoms with Crippen molar-refractivity contribution < 1.29 is 67.7 Å². The Bertz CT molecular complexity index is 4880. The third kappa shape index (κ3) is 25.8. The van der Waals surface area contributed by atoms with Crippen molar-refractivity contribution in [2.24, 2.45) is 34.6 Å². The van der Waals surface area contributed by atoms with E-state index in [0.717, 1.165) is 24.1 Å². The number of pyridine rings is 1. The van der Waals surface area contributed by atoms with E-state index in [1.54, 1.807) is 113 Å². The van der Waals surface area contributed by atoms with Gasteiger partial charge in [-0.05, 0) is 158 Å². The Morgan fingerprint density at radius 3 is 1.66 bits per heavy atom. The van der Waals surface area contributed by atoms with Gasteiger partial charge in [-0.1, -0.05) is 131 Å². The summed E-state index contributed by atoms with van der Waals surface area (Å²) in [6.07, 6.45) is -0.733. The first-order chi connectivity index (χ1) is 57.1. The number of hydrogen-bond donors (Lipinski definition) is 17. The van der Waals surface area contributed by atoms with E-state index in [4.69, 9.17) is 61.6 Å². The number of halogens is 1. The second-order valence-corrected chi connectivity index (χ2v) is 30.5. The van der Waals surface area contributed by atoms with Crippen LogP contribution >= 0.6 is 11.6 Å². The lowest BCUT2D eigenvalue weighted by Gasteiger charge is -2.46. The van der Waals surface area contributed by atoms with Crippen molar-refractivity contribution in [3.63, 3.8) is 0 Å². The number of carbonyl (C=O) groups excluding carboxylic acids is 11. The zero-order valence-corrected chi connectivity index (χ0v) is 68.3. The van der Waals surface area contributed by atoms with Gasteiger partial charge in [-0.3, -0.25) is 67.4 Å². The highest BCUT2D eigenvalue weighted by Gasteiger charge is 2.64. The van der Waals surface area contributed by atoms with Gasteiger partial charge in [0.1, 0.15) is 18.1 Å². The molecule has 4 heterocycles. The van der Waals surface area contributed by atoms with Crippen LogP contribution < -0.4 is 72.0 Å². The minimum atomic E-state index is -4.08. The number of carboxylic acid groups (broad SMARTS) is 1. The van der Waals surface area contributed by atoms with Gasteiger partial charge < -0.3 is 87.1 Å². The fourth-order valence-electron chi connectivity index (χ4n) is 13.9. The van der Waals surface area contributed by atoms with Crippen LogP contribution in [0.2, 0.25) is 5.02 Å². The van der Waals surface area contributed by atoms with Gasteiger partial charge >= 0.3 is 0 Å². The predicted molar refractivity (Wildman–Crippen MR) is 448 cm³/mol. The van der Waals surface area contributed by atoms with Crippen LogP contribution in [0, 0.1) is 5.92 Å². The molecule has 24 N–H and O–H groups in total. The van der Waals surface area contributed by atoms with Crippen molar-refractivity contribution in [2.75, 3.05) is 41.8 Å². The molecule has 120 heavy (non-hydrogen) atoms. The zero-order chi connectivity index (χ0) is 87.7. The highest BCUT2D eigenvalue weighted by Crippen LogP contribution is 2.36. The maximum absolute atomic E-state index is 18.1. The van der Waals surface area contributed by atoms with Crippen LogP contribution in [0.25, 0.3) is 10.8 Å². The van der Waals surface area contributed by atoms with Gasteiger partial charge in [-0.15, -0.1) is 10.2 Å². The van der Waals surface area contributed by atoms with E-state index in [1.807, 2.05) is 6.07 Å². The normalized spacial score (nSPS) is 15.1. The minimum absolute atomic E-state index is 0.00153. The fraction of sp³-hybridized carbons (Fsp3) is 0.402. The van der Waals surface area contributed by atoms with E-state index in [0.29, 0.717) is 46.3 Å². The first-order valence-electron chi connectivity index (χ1n) is 39.1. The molecule has 37 nitrogen and oxygen atoms in total. The van der Waals surface area contributed by atoms with Crippen molar-refractivity contribution in [1.82, 2.24) is 71.3 Å². The Morgan fingerprint density at radius 2 is 1.14 bits per heavy atom. The van der Waals surface area contributed by atoms with Crippen molar-refractivity contribution in [3.05, 3.63) is 173 Å². The maximum Gasteiger partial charge on any atom is 0.300 e. The number of aliphatic carboxylic acids is 1. The number of amides is 9. The van der Waals surface area contributed by atoms with Gasteiger partial charge in [0, 0.05) is 61.6 Å². The SMILES string of the molecule is CC(=O)N[C@H](Cc1ccc2ccccc2c1)C(=O)C[C@](C(=O)[C@H](N)Cc1ccc(Cl)cc1)(C(=O)N(C(=O)[C@H](CC(C)C)NC(=O)[C@H](N)Cc1ccc(Nc2n[nH]c(N)n2)cc1)C(=O)[C@@H](N)Cc1ccc(Nc2n[nH]c(N)n2)cc1)N(C(=O)[C@H](CO)NC(=O)[C@H](N)Cc1cccnc1)C(=O)[C@@H]1CCCN1C(=O)[C@H](CCCCN)NC(C)C.CC(=O)O. The Kier molecular flexibility index (Phi) is 34.1. The Hall–Kier alpha value is -12.4. The van der Waals surface area contributed by atoms with Crippen LogP contribution in [-0.4, -0.2) is 217 Å². The molecule has 1 aliphatic heterocycles. The first-order valence-corrected chi connectivity index (χ1v) is 39.5. The average Bonchev–Trinajstić information content (AvgIpc) is 0.919. The molecule has 0 unspecified atom stereocenters. The number of carbonyl (C=O) groups is 12. The lowest BCUT2D eigenvalue weighted by molar-refractivity contribution is -0.177. The summed E-state index contributed by atoms with van der Waals surface area (Å²) in [5.41, 5.74) is 43.6. The summed E-state index contributed by atoms with van der Waals surface area (Å²) in [5, 5.41) is 50.7. The molecule has 8 aromatic rings. The van der Waals surface area contributed by atoms with Crippen LogP contribution in [0.15, 0.2) is 140 Å². The Labute approximate surface area is 697 Å². The molecule has 38 heteroatoms. The van der Waals surface area contributed by atoms with Gasteiger partial charge in [-0.25, -0.2) is 15.1 Å². The molecule has 0 spiro atoms. The van der Waals surface area contributed by atoms with Crippen molar-refractivity contribution >= 4 is 128 Å². The van der Waals surface area contributed by atoms with Gasteiger partial charge in [0.15, 0.2) is 17.1 Å². The number of carboxylic acids is 1. The molecule has 9 rings (SSSR count). The highest BCUT2D eigenvalue weighted by atomic mass is 35.5. The van der Waals surface area contributed by atoms with Gasteiger partial charge in [0.25, 0.3) is 35.5 Å². The second kappa shape index (κ2) is 43.9. The quantitative estimate of drug-likeness (QED) is 0.0193. The lowest BCUT2D eigenvalue weighted by Crippen LogP contribution is -2.76. The number of nitrogens with one attached hydrogen (secondary N) is 8. The zero-order valence-electron chi connectivity index (χ0n) is 67.5. The number of aromatic amines is 2. The number of aliphatic hydroxyl groups is 1. The Morgan fingerprint density at radius 1 is 0.608 bits per heavy atom. The smallest absolute Gasteiger partial charge is 0.300 e. The number of anilines is 6. The number of benzene rings is 5. The van der Waals surface area contributed by atoms with Gasteiger partial charge in [0.05, 0.1) is 42.9 Å². The monoisotopic (exact) mass is 1670 g/mol. The van der Waals surface area contributed by atoms with E-state index in [9.17, 15) is 19.5 Å². The number of aromatic nitrogens is 7. The second-order valence-electron chi connectivity index (χ2n) is 30.1. The number of nitrogen functional groups attached to an aromatic ring is 2. The average molecular weight is 1670 g/mol. The number of ketones is 2. The largest absolute Gasteiger partial charge is 0.481 e. The van der Waals surface area contributed by atoms with Gasteiger partial charge in [-0.2, -0.15) is 9.97 Å². The molecule has 1 saturated heterocycles. The number of rotatable bonds is 40. The molecular weight excluding hydrogens is 1570 g/mol. The van der Waals surface area contributed by atoms with E-state index >= 15 is 38.4 Å². The molecule has 0 bridgehead atoms. The summed E-state index contributed by atoms with van der Waals surface area (Å²) in [6.45, 7) is 7.54. The summed E-state index contributed by atoms with van der Waals surface area (Å²) < 4.78 is 0. The van der Waals surface area contributed by atoms with E-state index in [2.05, 4.69) is 67.2 Å². The van der Waals surface area contributed by atoms with Crippen LogP contribution in [0.1, 0.15) is 114 Å². The van der Waals surface area contributed by atoms with E-state index < -0.39 is 175 Å². The van der Waals surface area contributed by atoms with Crippen molar-refractivity contribution in [1.29, 1.82) is 0 Å². The number of imide groups is 4. The maximum atomic E-state index is 18.1. The first kappa shape index (κ1) is 93.1. The lowest BCUT2D eigenvalue weighted by atomic mass is 9.77. The third-order valence-corrected chi connectivity index (χ3v) is 19.9. The standard InChI is InChI=1S/C80H102ClN23O12.C2H4O2/c1-44(2)34-63(94-68(109)58(84)37-48-20-27-55(28-21-48)92-78-96-76(87)98-100-78)72(113)103(70(111)60(86)38-49-22-29-56(30-23-49)93-79-97-77(88)99-101-79)75(116)80(67(108)57(83)36-47-18-25-54(81)26-19-47,41-66(107)62(91-46(5)106)40-50-17-24-52-13-6-7-14-53(52)35-50)104(73(114)64(43-105)95-69(110)59(85)39-51-12-10-32-89-42-51)74(115)65-16-11-33-102(65)71(112)61(90-45(3)4)15-8-9-31-82;1-2(3)4/h6-7,10,12-14,17-30,32,35,42,44-45,57-65,90,105H,8-9,11,15-16,31,33-34,36-41,43,82-86H2,1-5H3,(H,91,106)(H,94,109)(H,95,110)(H4,87,92,96,98,100)(H4,88,93,97,99,101);1H3,(H,3,4)/t57-,58-,59-,60+,61+,62-,63+,64+,65+,80+;/m1./s1. The number of nitrogens with two attached hydrogens (primary N) is 7. The number of Topliss-reactive ketones (excluding diaryl/α,β-unsaturated/α-hetero) is 2. The summed E-state index contributed by atoms with van der Waals surface area (Å²) >= 11 is 6.41. The van der Waals surface area contributed by atoms with Crippen LogP contribution in [0.3, 0.4) is 0 Å². The molecule has 9 amide bonds. The van der Waals surface area contributed by atoms with Crippen LogP contribution in [0.4, 0.5) is 35.2 Å². The third-order valence-electron chi connectivity index (χ3n) is 19.6. The Balaban J connectivity index is 0.00000438. The van der Waals surface area contributed by atoms with Gasteiger partial charge in [0.2, 0.25) is 47.4 Å². The molecule has 10 atom stereocenters. The molecule has 5 aromatic carbocycles. The molecule has 1 aliphatic rings. The number of likely N-dealkylation sites (tertiary alicyclic amines) is 1. The number of fused-ring (bicyclic) bond motifs is 1. The topological polar surface area (TPSA) is 605 Å². The fourth-order valence-corrected chi connectivity index (χ4v) is 14.0. The van der Waals surface area contributed by atoms with Crippen molar-refractivity contribution in [3.8, 4) is 0 Å². The molecule has 1 fully saturated rings. The number of aliphatic hydroxyl groups excluding tert-OH is 1. The molecule has 0 aliphatic carbocycles. The molecule has 3 aromatic heterocycles. The van der Waals surface area contributed by atoms with E-state index in [-0.39, 0.29) is 101 Å². The number of hydrogen-bond acceptors (Lipinski definition) is 28. The van der Waals surface area contributed by atoms with E-state index in [1.165, 1.54) is 48.8 Å². The van der Waals surface area contributed by atoms with Crippen LogP contribution in [-0.2, 0) is 89.6 Å². The minimum Gasteiger partial charge on any atom is -0.481 e. The molecule has 0 saturated carbocycles. The molecular formula is C82H106ClN23O14. The number of unbranched alkanes of at least 4 members (excludes halogenated alkanes) is 1. The predicted octanol–water partition coefficient (Wildman–Crippen LogP) is 2.19. The van der Waals surface area contributed by atoms with Crippen molar-refractivity contribution in [2.45, 2.75) is 185 Å². The summed E-state index contributed by atoms with van der Waals surface area (Å²) in [5.74, 6) is -16.9. The molecule has 0 radical (unpaired) electrons. The summed E-state index contributed by atoms with van der Waals surface area (Å²) in [4.78, 5) is 201. The molecule has 640 valence electrons. The number of H-pyrrole nitrogens is 2. The summed E-state index contributed by atoms with van der Waals surface area (Å²) in [7, 11) is 0.